The van der Waals surface area contributed by atoms with E-state index in [9.17, 15) is 5.11 Å². The van der Waals surface area contributed by atoms with Crippen molar-refractivity contribution in [2.75, 3.05) is 6.54 Å². The Morgan fingerprint density at radius 3 is 2.14 bits per heavy atom. The standard InChI is InChI=1S/C11H23NO.Tm/c1-6-8-11(13,9(3)4)10(5)12-7-2;/h9,13H,6-8H2,1-5H3;. The van der Waals surface area contributed by atoms with E-state index >= 15 is 0 Å². The molecule has 1 radical (unpaired) electrons. The Morgan fingerprint density at radius 2 is 1.86 bits per heavy atom. The van der Waals surface area contributed by atoms with Gasteiger partial charge in [-0.25, -0.2) is 0 Å². The molecule has 0 aliphatic rings. The first-order chi connectivity index (χ1) is 5.99. The van der Waals surface area contributed by atoms with E-state index in [0.717, 1.165) is 25.1 Å². The Labute approximate surface area is 117 Å². The van der Waals surface area contributed by atoms with Crippen LogP contribution in [-0.4, -0.2) is 23.0 Å². The molecule has 0 aliphatic carbocycles. The van der Waals surface area contributed by atoms with Gasteiger partial charge in [0, 0.05) is 49.1 Å². The topological polar surface area (TPSA) is 32.6 Å². The SMILES string of the molecule is CCCC(O)(C(C)=NCC)C(C)C.[Tm]. The van der Waals surface area contributed by atoms with Crippen molar-refractivity contribution in [2.24, 2.45) is 10.9 Å². The van der Waals surface area contributed by atoms with E-state index in [1.54, 1.807) is 0 Å². The third-order valence-corrected chi connectivity index (χ3v) is 2.61. The molecule has 2 nitrogen and oxygen atoms in total. The summed E-state index contributed by atoms with van der Waals surface area (Å²) in [5.74, 6) is 0.239. The van der Waals surface area contributed by atoms with Crippen LogP contribution in [0.3, 0.4) is 0 Å². The molecule has 0 aromatic heterocycles. The van der Waals surface area contributed by atoms with Crippen LogP contribution in [0.1, 0.15) is 47.5 Å². The minimum Gasteiger partial charge on any atom is -0.384 e. The van der Waals surface area contributed by atoms with Gasteiger partial charge in [0.1, 0.15) is 5.60 Å². The molecular formula is C11H23NOTm. The molecule has 0 rings (SSSR count). The molecule has 0 saturated heterocycles. The van der Waals surface area contributed by atoms with Gasteiger partial charge in [0.2, 0.25) is 0 Å². The largest absolute Gasteiger partial charge is 0.384 e. The van der Waals surface area contributed by atoms with E-state index in [2.05, 4.69) is 11.9 Å². The fourth-order valence-electron chi connectivity index (χ4n) is 1.64. The summed E-state index contributed by atoms with van der Waals surface area (Å²) in [6.07, 6.45) is 1.80. The zero-order valence-electron chi connectivity index (χ0n) is 9.87. The Balaban J connectivity index is 0. The average Bonchev–Trinajstić information content (AvgIpc) is 2.04. The maximum absolute atomic E-state index is 10.4. The zero-order chi connectivity index (χ0) is 10.5. The first-order valence-corrected chi connectivity index (χ1v) is 5.22. The Bertz CT molecular complexity index is 180. The fourth-order valence-corrected chi connectivity index (χ4v) is 1.64. The van der Waals surface area contributed by atoms with Crippen molar-refractivity contribution < 1.29 is 42.0 Å². The molecule has 0 amide bonds. The molecule has 0 aromatic rings. The Kier molecular flexibility index (Phi) is 9.95. The van der Waals surface area contributed by atoms with Crippen molar-refractivity contribution in [1.82, 2.24) is 0 Å². The quantitative estimate of drug-likeness (QED) is 0.757. The van der Waals surface area contributed by atoms with Crippen molar-refractivity contribution >= 4 is 5.71 Å². The Morgan fingerprint density at radius 1 is 1.36 bits per heavy atom. The number of aliphatic imine (C=N–C) groups is 1. The van der Waals surface area contributed by atoms with Crippen LogP contribution in [0.15, 0.2) is 4.99 Å². The summed E-state index contributed by atoms with van der Waals surface area (Å²) in [7, 11) is 0. The van der Waals surface area contributed by atoms with Gasteiger partial charge in [-0.3, -0.25) is 4.99 Å². The summed E-state index contributed by atoms with van der Waals surface area (Å²) >= 11 is 0. The second-order valence-corrected chi connectivity index (χ2v) is 3.89. The summed E-state index contributed by atoms with van der Waals surface area (Å²) < 4.78 is 0. The third kappa shape index (κ3) is 4.59. The molecule has 1 N–H and O–H groups in total. The predicted octanol–water partition coefficient (Wildman–Crippen LogP) is 2.65. The maximum atomic E-state index is 10.4. The van der Waals surface area contributed by atoms with Gasteiger partial charge < -0.3 is 5.11 Å². The maximum Gasteiger partial charge on any atom is 0.104 e. The molecule has 91 valence electrons. The van der Waals surface area contributed by atoms with Crippen molar-refractivity contribution in [2.45, 2.75) is 53.1 Å². The van der Waals surface area contributed by atoms with E-state index in [0.29, 0.717) is 0 Å². The van der Waals surface area contributed by atoms with Crippen LogP contribution in [0.4, 0.5) is 0 Å². The number of nitrogens with zero attached hydrogens (tertiary/aromatic N) is 1. The van der Waals surface area contributed by atoms with E-state index in [1.807, 2.05) is 27.7 Å². The second kappa shape index (κ2) is 8.07. The number of aliphatic hydroxyl groups is 1. The number of rotatable bonds is 5. The molecule has 0 saturated carbocycles. The van der Waals surface area contributed by atoms with Gasteiger partial charge in [-0.1, -0.05) is 27.2 Å². The van der Waals surface area contributed by atoms with E-state index in [-0.39, 0.29) is 42.8 Å². The normalized spacial score (nSPS) is 16.4. The summed E-state index contributed by atoms with van der Waals surface area (Å²) in [5, 5.41) is 10.4. The van der Waals surface area contributed by atoms with Gasteiger partial charge in [0.25, 0.3) is 0 Å². The van der Waals surface area contributed by atoms with Gasteiger partial charge in [-0.15, -0.1) is 0 Å². The van der Waals surface area contributed by atoms with Gasteiger partial charge in [-0.2, -0.15) is 0 Å². The van der Waals surface area contributed by atoms with Crippen LogP contribution >= 0.6 is 0 Å². The molecule has 0 fully saturated rings. The van der Waals surface area contributed by atoms with Crippen LogP contribution in [0.2, 0.25) is 0 Å². The minimum atomic E-state index is -0.690. The van der Waals surface area contributed by atoms with Crippen LogP contribution in [0.25, 0.3) is 0 Å². The minimum absolute atomic E-state index is 0. The van der Waals surface area contributed by atoms with Crippen molar-refractivity contribution in [1.29, 1.82) is 0 Å². The van der Waals surface area contributed by atoms with Gasteiger partial charge >= 0.3 is 0 Å². The summed E-state index contributed by atoms with van der Waals surface area (Å²) in [6.45, 7) is 10.9. The van der Waals surface area contributed by atoms with Crippen LogP contribution in [0.5, 0.6) is 0 Å². The van der Waals surface area contributed by atoms with E-state index in [1.165, 1.54) is 0 Å². The molecule has 0 aliphatic heterocycles. The first kappa shape index (κ1) is 17.3. The predicted molar refractivity (Wildman–Crippen MR) is 58.3 cm³/mol. The number of hydrogen-bond donors (Lipinski definition) is 1. The van der Waals surface area contributed by atoms with Gasteiger partial charge in [0.05, 0.1) is 0 Å². The third-order valence-electron chi connectivity index (χ3n) is 2.61. The molecule has 0 aromatic carbocycles. The summed E-state index contributed by atoms with van der Waals surface area (Å²) in [4.78, 5) is 4.30. The summed E-state index contributed by atoms with van der Waals surface area (Å²) in [5.41, 5.74) is 0.192. The molecule has 0 spiro atoms. The van der Waals surface area contributed by atoms with Crippen molar-refractivity contribution in [3.8, 4) is 0 Å². The first-order valence-electron chi connectivity index (χ1n) is 5.22. The monoisotopic (exact) mass is 354 g/mol. The molecule has 0 bridgehead atoms. The second-order valence-electron chi connectivity index (χ2n) is 3.89. The van der Waals surface area contributed by atoms with Crippen LogP contribution in [-0.2, 0) is 0 Å². The van der Waals surface area contributed by atoms with Gasteiger partial charge in [0.15, 0.2) is 0 Å². The van der Waals surface area contributed by atoms with Crippen LogP contribution in [0, 0.1) is 42.8 Å². The molecule has 14 heavy (non-hydrogen) atoms. The van der Waals surface area contributed by atoms with Crippen molar-refractivity contribution in [3.63, 3.8) is 0 Å². The van der Waals surface area contributed by atoms with Crippen LogP contribution < -0.4 is 0 Å². The molecular weight excluding hydrogens is 331 g/mol. The fraction of sp³-hybridized carbons (Fsp3) is 0.909. The van der Waals surface area contributed by atoms with Crippen molar-refractivity contribution in [3.05, 3.63) is 0 Å². The van der Waals surface area contributed by atoms with E-state index < -0.39 is 5.60 Å². The molecule has 1 unspecified atom stereocenters. The van der Waals surface area contributed by atoms with Gasteiger partial charge in [-0.05, 0) is 26.2 Å². The molecule has 3 heteroatoms. The Hall–Kier alpha value is 0.864. The molecule has 0 heterocycles. The van der Waals surface area contributed by atoms with E-state index in [4.69, 9.17) is 0 Å². The molecule has 1 atom stereocenters. The smallest absolute Gasteiger partial charge is 0.104 e. The summed E-state index contributed by atoms with van der Waals surface area (Å²) in [6, 6.07) is 0. The number of hydrogen-bond acceptors (Lipinski definition) is 2. The average molecular weight is 354 g/mol. The zero-order valence-corrected chi connectivity index (χ0v) is 11.6.